The number of nitrogens with two attached hydrogens (primary N) is 1. The summed E-state index contributed by atoms with van der Waals surface area (Å²) in [6.07, 6.45) is 1.82. The van der Waals surface area contributed by atoms with E-state index >= 15 is 0 Å². The Labute approximate surface area is 151 Å². The van der Waals surface area contributed by atoms with Crippen LogP contribution >= 0.6 is 0 Å². The molecule has 1 amide bonds. The van der Waals surface area contributed by atoms with Gasteiger partial charge in [0.25, 0.3) is 5.56 Å². The summed E-state index contributed by atoms with van der Waals surface area (Å²) in [7, 11) is 0. The molecule has 1 atom stereocenters. The lowest BCUT2D eigenvalue weighted by Gasteiger charge is -2.29. The van der Waals surface area contributed by atoms with Gasteiger partial charge in [-0.3, -0.25) is 14.5 Å². The molecule has 0 unspecified atom stereocenters. The molecule has 136 valence electrons. The van der Waals surface area contributed by atoms with E-state index in [1.807, 2.05) is 0 Å². The highest BCUT2D eigenvalue weighted by Crippen LogP contribution is 2.21. The number of ether oxygens (including phenoxy) is 1. The van der Waals surface area contributed by atoms with Crippen LogP contribution in [0.1, 0.15) is 28.0 Å². The molecule has 1 aromatic carbocycles. The summed E-state index contributed by atoms with van der Waals surface area (Å²) in [4.78, 5) is 33.6. The summed E-state index contributed by atoms with van der Waals surface area (Å²) in [6.45, 7) is 4.21. The maximum absolute atomic E-state index is 12.5. The minimum Gasteiger partial charge on any atom is -0.381 e. The van der Waals surface area contributed by atoms with E-state index in [-0.39, 0.29) is 5.56 Å². The summed E-state index contributed by atoms with van der Waals surface area (Å²) in [5, 5.41) is 0. The van der Waals surface area contributed by atoms with Crippen molar-refractivity contribution in [2.24, 2.45) is 11.7 Å². The van der Waals surface area contributed by atoms with E-state index in [2.05, 4.69) is 9.88 Å². The van der Waals surface area contributed by atoms with Crippen molar-refractivity contribution in [3.05, 3.63) is 51.4 Å². The zero-order valence-electron chi connectivity index (χ0n) is 14.5. The molecule has 2 aromatic rings. The maximum Gasteiger partial charge on any atom is 0.254 e. The number of amides is 1. The Balaban J connectivity index is 1.58. The number of aromatic amines is 1. The second-order valence-corrected chi connectivity index (χ2v) is 7.00. The van der Waals surface area contributed by atoms with Gasteiger partial charge in [-0.05, 0) is 30.9 Å². The van der Waals surface area contributed by atoms with E-state index in [1.165, 1.54) is 0 Å². The van der Waals surface area contributed by atoms with Gasteiger partial charge in [-0.15, -0.1) is 0 Å². The molecule has 2 aliphatic rings. The Morgan fingerprint density at radius 3 is 2.85 bits per heavy atom. The molecule has 1 saturated heterocycles. The zero-order valence-corrected chi connectivity index (χ0v) is 14.5. The molecule has 4 rings (SSSR count). The normalized spacial score (nSPS) is 20.1. The fraction of sp³-hybridized carbons (Fsp3) is 0.421. The monoisotopic (exact) mass is 354 g/mol. The molecule has 0 radical (unpaired) electrons. The van der Waals surface area contributed by atoms with Crippen LogP contribution in [0.25, 0.3) is 11.4 Å². The fourth-order valence-electron chi connectivity index (χ4n) is 3.67. The van der Waals surface area contributed by atoms with Crippen molar-refractivity contribution < 1.29 is 9.53 Å². The lowest BCUT2D eigenvalue weighted by molar-refractivity contribution is 0.100. The summed E-state index contributed by atoms with van der Waals surface area (Å²) in [5.74, 6) is 0.616. The standard InChI is InChI=1S/C19H22N4O3/c20-17(24)13-1-3-14(4-2-13)18-21-16-10-23(9-12-6-8-26-11-12)7-5-15(16)19(25)22-18/h1-4,12H,5-11H2,(H2,20,24)(H,21,22,25)/t12-/m0/s1. The number of primary amides is 1. The average Bonchev–Trinajstić information content (AvgIpc) is 3.14. The first-order chi connectivity index (χ1) is 12.6. The average molecular weight is 354 g/mol. The lowest BCUT2D eigenvalue weighted by Crippen LogP contribution is -2.38. The number of rotatable bonds is 4. The van der Waals surface area contributed by atoms with E-state index in [4.69, 9.17) is 15.5 Å². The van der Waals surface area contributed by atoms with Gasteiger partial charge in [0.2, 0.25) is 5.91 Å². The molecule has 7 nitrogen and oxygen atoms in total. The molecule has 2 aliphatic heterocycles. The Kier molecular flexibility index (Phi) is 4.57. The van der Waals surface area contributed by atoms with Crippen molar-refractivity contribution in [1.29, 1.82) is 0 Å². The molecular formula is C19H22N4O3. The Morgan fingerprint density at radius 1 is 1.35 bits per heavy atom. The van der Waals surface area contributed by atoms with Gasteiger partial charge in [0, 0.05) is 42.9 Å². The first-order valence-electron chi connectivity index (χ1n) is 8.92. The topological polar surface area (TPSA) is 101 Å². The van der Waals surface area contributed by atoms with Crippen molar-refractivity contribution in [1.82, 2.24) is 14.9 Å². The molecule has 3 N–H and O–H groups in total. The van der Waals surface area contributed by atoms with Crippen LogP contribution in [0.15, 0.2) is 29.1 Å². The number of hydrogen-bond acceptors (Lipinski definition) is 5. The van der Waals surface area contributed by atoms with Crippen LogP contribution in [-0.2, 0) is 17.7 Å². The van der Waals surface area contributed by atoms with Crippen LogP contribution < -0.4 is 11.3 Å². The fourth-order valence-corrected chi connectivity index (χ4v) is 3.67. The highest BCUT2D eigenvalue weighted by atomic mass is 16.5. The van der Waals surface area contributed by atoms with Crippen LogP contribution in [0.5, 0.6) is 0 Å². The molecule has 7 heteroatoms. The van der Waals surface area contributed by atoms with Crippen molar-refractivity contribution in [2.45, 2.75) is 19.4 Å². The van der Waals surface area contributed by atoms with Crippen LogP contribution in [0.3, 0.4) is 0 Å². The van der Waals surface area contributed by atoms with E-state index in [1.54, 1.807) is 24.3 Å². The maximum atomic E-state index is 12.5. The molecule has 0 aliphatic carbocycles. The molecule has 3 heterocycles. The minimum atomic E-state index is -0.477. The number of carbonyl (C=O) groups excluding carboxylic acids is 1. The molecule has 1 fully saturated rings. The lowest BCUT2D eigenvalue weighted by atomic mass is 10.0. The summed E-state index contributed by atoms with van der Waals surface area (Å²) in [5.41, 5.74) is 8.01. The second kappa shape index (κ2) is 7.01. The number of aromatic nitrogens is 2. The third kappa shape index (κ3) is 3.40. The number of hydrogen-bond donors (Lipinski definition) is 2. The number of fused-ring (bicyclic) bond motifs is 1. The minimum absolute atomic E-state index is 0.0761. The van der Waals surface area contributed by atoms with E-state index in [0.717, 1.165) is 49.5 Å². The smallest absolute Gasteiger partial charge is 0.254 e. The van der Waals surface area contributed by atoms with Crippen molar-refractivity contribution in [2.75, 3.05) is 26.3 Å². The first-order valence-corrected chi connectivity index (χ1v) is 8.92. The van der Waals surface area contributed by atoms with Crippen LogP contribution in [0.4, 0.5) is 0 Å². The van der Waals surface area contributed by atoms with Crippen LogP contribution in [-0.4, -0.2) is 47.1 Å². The van der Waals surface area contributed by atoms with Gasteiger partial charge in [0.15, 0.2) is 0 Å². The van der Waals surface area contributed by atoms with Gasteiger partial charge in [-0.2, -0.15) is 0 Å². The Morgan fingerprint density at radius 2 is 2.15 bits per heavy atom. The van der Waals surface area contributed by atoms with Gasteiger partial charge < -0.3 is 15.5 Å². The molecule has 26 heavy (non-hydrogen) atoms. The van der Waals surface area contributed by atoms with Gasteiger partial charge in [0.1, 0.15) is 5.82 Å². The highest BCUT2D eigenvalue weighted by Gasteiger charge is 2.25. The van der Waals surface area contributed by atoms with Crippen LogP contribution in [0.2, 0.25) is 0 Å². The van der Waals surface area contributed by atoms with Gasteiger partial charge in [-0.1, -0.05) is 12.1 Å². The predicted molar refractivity (Wildman–Crippen MR) is 96.7 cm³/mol. The Bertz CT molecular complexity index is 869. The molecule has 0 saturated carbocycles. The number of nitrogens with zero attached hydrogens (tertiary/aromatic N) is 2. The number of benzene rings is 1. The largest absolute Gasteiger partial charge is 0.381 e. The molecule has 0 bridgehead atoms. The summed E-state index contributed by atoms with van der Waals surface area (Å²) < 4.78 is 5.46. The van der Waals surface area contributed by atoms with Crippen molar-refractivity contribution in [3.8, 4) is 11.4 Å². The zero-order chi connectivity index (χ0) is 18.1. The summed E-state index contributed by atoms with van der Waals surface area (Å²) in [6, 6.07) is 6.79. The van der Waals surface area contributed by atoms with E-state index < -0.39 is 5.91 Å². The number of nitrogens with one attached hydrogen (secondary N) is 1. The van der Waals surface area contributed by atoms with Gasteiger partial charge in [0.05, 0.1) is 12.3 Å². The van der Waals surface area contributed by atoms with Gasteiger partial charge in [-0.25, -0.2) is 4.98 Å². The quantitative estimate of drug-likeness (QED) is 0.851. The molecule has 0 spiro atoms. The summed E-state index contributed by atoms with van der Waals surface area (Å²) >= 11 is 0. The Hall–Kier alpha value is -2.51. The molecular weight excluding hydrogens is 332 g/mol. The molecule has 1 aromatic heterocycles. The van der Waals surface area contributed by atoms with E-state index in [9.17, 15) is 9.59 Å². The third-order valence-electron chi connectivity index (χ3n) is 5.14. The van der Waals surface area contributed by atoms with Crippen molar-refractivity contribution in [3.63, 3.8) is 0 Å². The van der Waals surface area contributed by atoms with Gasteiger partial charge >= 0.3 is 0 Å². The number of carbonyl (C=O) groups is 1. The van der Waals surface area contributed by atoms with Crippen LogP contribution in [0, 0.1) is 5.92 Å². The van der Waals surface area contributed by atoms with E-state index in [0.29, 0.717) is 30.3 Å². The van der Waals surface area contributed by atoms with Crippen molar-refractivity contribution >= 4 is 5.91 Å². The highest BCUT2D eigenvalue weighted by molar-refractivity contribution is 5.93. The first kappa shape index (κ1) is 16.9. The predicted octanol–water partition coefficient (Wildman–Crippen LogP) is 0.930. The third-order valence-corrected chi connectivity index (χ3v) is 5.14. The SMILES string of the molecule is NC(=O)c1ccc(-c2nc3c(c(=O)[nH]2)CCN(C[C@@H]2CCOC2)C3)cc1. The number of H-pyrrole nitrogens is 1. The second-order valence-electron chi connectivity index (χ2n) is 7.00.